The van der Waals surface area contributed by atoms with Gasteiger partial charge in [-0.05, 0) is 54.6 Å². The summed E-state index contributed by atoms with van der Waals surface area (Å²) in [6, 6.07) is 14.4. The lowest BCUT2D eigenvalue weighted by Gasteiger charge is -2.09. The third kappa shape index (κ3) is 5.04. The van der Waals surface area contributed by atoms with Gasteiger partial charge in [0.1, 0.15) is 28.2 Å². The van der Waals surface area contributed by atoms with Gasteiger partial charge in [-0.15, -0.1) is 11.3 Å². The van der Waals surface area contributed by atoms with Crippen molar-refractivity contribution in [2.45, 2.75) is 6.18 Å². The van der Waals surface area contributed by atoms with E-state index in [4.69, 9.17) is 32.0 Å². The Hall–Kier alpha value is -3.84. The first kappa shape index (κ1) is 24.8. The Morgan fingerprint density at radius 2 is 1.84 bits per heavy atom. The number of hydrogen-bond acceptors (Lipinski definition) is 6. The molecule has 5 rings (SSSR count). The number of furan rings is 1. The molecule has 0 aliphatic rings. The van der Waals surface area contributed by atoms with E-state index < -0.39 is 17.4 Å². The van der Waals surface area contributed by atoms with Gasteiger partial charge in [-0.25, -0.2) is 9.78 Å². The van der Waals surface area contributed by atoms with Crippen LogP contribution in [0, 0.1) is 11.3 Å². The number of hydrogen-bond donors (Lipinski definition) is 0. The highest BCUT2D eigenvalue weighted by Crippen LogP contribution is 2.37. The van der Waals surface area contributed by atoms with Gasteiger partial charge < -0.3 is 8.83 Å². The van der Waals surface area contributed by atoms with Crippen molar-refractivity contribution in [2.24, 2.45) is 0 Å². The summed E-state index contributed by atoms with van der Waals surface area (Å²) in [4.78, 5) is 16.9. The molecule has 0 aliphatic carbocycles. The molecule has 0 spiro atoms. The van der Waals surface area contributed by atoms with E-state index in [1.807, 2.05) is 6.07 Å². The molecular formula is C26H11Cl2F3N2O3S. The van der Waals surface area contributed by atoms with Gasteiger partial charge in [-0.3, -0.25) is 0 Å². The zero-order valence-electron chi connectivity index (χ0n) is 18.3. The quantitative estimate of drug-likeness (QED) is 0.163. The minimum absolute atomic E-state index is 0.0642. The Kier molecular flexibility index (Phi) is 6.42. The summed E-state index contributed by atoms with van der Waals surface area (Å²) in [5.41, 5.74) is -0.381. The Morgan fingerprint density at radius 1 is 1.03 bits per heavy atom. The van der Waals surface area contributed by atoms with Crippen molar-refractivity contribution in [3.05, 3.63) is 96.8 Å². The van der Waals surface area contributed by atoms with Crippen molar-refractivity contribution >= 4 is 57.2 Å². The van der Waals surface area contributed by atoms with Crippen molar-refractivity contribution in [2.75, 3.05) is 0 Å². The third-order valence-corrected chi connectivity index (χ3v) is 6.74. The molecule has 5 nitrogen and oxygen atoms in total. The minimum Gasteiger partial charge on any atom is -0.457 e. The van der Waals surface area contributed by atoms with Crippen LogP contribution >= 0.6 is 34.5 Å². The lowest BCUT2D eigenvalue weighted by molar-refractivity contribution is -0.137. The van der Waals surface area contributed by atoms with Gasteiger partial charge in [0.2, 0.25) is 0 Å². The first-order chi connectivity index (χ1) is 17.6. The molecule has 11 heteroatoms. The van der Waals surface area contributed by atoms with Crippen LogP contribution in [0.3, 0.4) is 0 Å². The van der Waals surface area contributed by atoms with Crippen LogP contribution in [-0.2, 0) is 6.18 Å². The Labute approximate surface area is 220 Å². The molecule has 0 saturated carbocycles. The lowest BCUT2D eigenvalue weighted by Crippen LogP contribution is -2.04. The number of allylic oxidation sites excluding steroid dienone is 1. The standard InChI is InChI=1S/C26H11Cl2F3N2O3S/c27-16-2-5-22-13(7-16)9-19(25(34)36-22)21-12-37-24(33-21)14(11-32)8-17-3-6-23(35-17)18-10-15(26(29,30)31)1-4-20(18)28/h1-10,12H/b14-8+. The molecule has 0 saturated heterocycles. The SMILES string of the molecule is N#C/C(=C\c1ccc(-c2cc(C(F)(F)F)ccc2Cl)o1)c1nc(-c2cc3cc(Cl)ccc3oc2=O)cs1. The number of aromatic nitrogens is 1. The molecule has 0 aliphatic heterocycles. The summed E-state index contributed by atoms with van der Waals surface area (Å²) in [7, 11) is 0. The van der Waals surface area contributed by atoms with Gasteiger partial charge in [0, 0.05) is 27.4 Å². The molecule has 0 N–H and O–H groups in total. The highest BCUT2D eigenvalue weighted by atomic mass is 35.5. The summed E-state index contributed by atoms with van der Waals surface area (Å²) in [6.45, 7) is 0. The summed E-state index contributed by atoms with van der Waals surface area (Å²) in [5, 5.41) is 12.8. The van der Waals surface area contributed by atoms with Crippen molar-refractivity contribution < 1.29 is 22.0 Å². The number of fused-ring (bicyclic) bond motifs is 1. The monoisotopic (exact) mass is 558 g/mol. The average molecular weight is 559 g/mol. The van der Waals surface area contributed by atoms with Crippen LogP contribution in [-0.4, -0.2) is 4.98 Å². The number of nitrogens with zero attached hydrogens (tertiary/aromatic N) is 2. The van der Waals surface area contributed by atoms with Crippen LogP contribution in [0.25, 0.3) is 45.2 Å². The number of benzene rings is 2. The van der Waals surface area contributed by atoms with Crippen molar-refractivity contribution in [3.8, 4) is 28.7 Å². The predicted octanol–water partition coefficient (Wildman–Crippen LogP) is 8.57. The Balaban J connectivity index is 1.48. The van der Waals surface area contributed by atoms with Crippen LogP contribution < -0.4 is 5.63 Å². The molecule has 0 amide bonds. The molecule has 0 radical (unpaired) electrons. The van der Waals surface area contributed by atoms with Gasteiger partial charge >= 0.3 is 11.8 Å². The fraction of sp³-hybridized carbons (Fsp3) is 0.0385. The van der Waals surface area contributed by atoms with E-state index in [9.17, 15) is 23.2 Å². The van der Waals surface area contributed by atoms with E-state index in [-0.39, 0.29) is 33.2 Å². The third-order valence-electron chi connectivity index (χ3n) is 5.30. The maximum absolute atomic E-state index is 13.1. The molecule has 0 atom stereocenters. The number of halogens is 5. The van der Waals surface area contributed by atoms with E-state index in [0.29, 0.717) is 26.7 Å². The van der Waals surface area contributed by atoms with Crippen molar-refractivity contribution in [1.29, 1.82) is 5.26 Å². The van der Waals surface area contributed by atoms with Gasteiger partial charge in [-0.1, -0.05) is 23.2 Å². The predicted molar refractivity (Wildman–Crippen MR) is 136 cm³/mol. The van der Waals surface area contributed by atoms with E-state index in [1.165, 1.54) is 18.2 Å². The second-order valence-corrected chi connectivity index (χ2v) is 9.43. The maximum atomic E-state index is 13.1. The summed E-state index contributed by atoms with van der Waals surface area (Å²) in [6.07, 6.45) is -3.14. The van der Waals surface area contributed by atoms with Crippen LogP contribution in [0.2, 0.25) is 10.0 Å². The zero-order valence-corrected chi connectivity index (χ0v) is 20.6. The minimum atomic E-state index is -4.54. The van der Waals surface area contributed by atoms with Gasteiger partial charge in [0.05, 0.1) is 27.4 Å². The number of thiazole rings is 1. The molecule has 3 aromatic heterocycles. The van der Waals surface area contributed by atoms with E-state index in [2.05, 4.69) is 4.98 Å². The molecule has 37 heavy (non-hydrogen) atoms. The molecule has 184 valence electrons. The fourth-order valence-electron chi connectivity index (χ4n) is 3.54. The second kappa shape index (κ2) is 9.56. The first-order valence-electron chi connectivity index (χ1n) is 10.4. The van der Waals surface area contributed by atoms with Gasteiger partial charge in [-0.2, -0.15) is 18.4 Å². The average Bonchev–Trinajstić information content (AvgIpc) is 3.52. The maximum Gasteiger partial charge on any atom is 0.416 e. The van der Waals surface area contributed by atoms with E-state index in [1.54, 1.807) is 29.6 Å². The van der Waals surface area contributed by atoms with E-state index >= 15 is 0 Å². The van der Waals surface area contributed by atoms with Crippen LogP contribution in [0.1, 0.15) is 16.3 Å². The molecule has 5 aromatic rings. The Bertz CT molecular complexity index is 1800. The molecular weight excluding hydrogens is 548 g/mol. The number of alkyl halides is 3. The van der Waals surface area contributed by atoms with E-state index in [0.717, 1.165) is 29.5 Å². The molecule has 0 bridgehead atoms. The molecule has 0 fully saturated rings. The molecule has 0 unspecified atom stereocenters. The topological polar surface area (TPSA) is 80.0 Å². The summed E-state index contributed by atoms with van der Waals surface area (Å²) < 4.78 is 50.4. The van der Waals surface area contributed by atoms with Crippen molar-refractivity contribution in [1.82, 2.24) is 4.98 Å². The Morgan fingerprint density at radius 3 is 2.59 bits per heavy atom. The molecule has 2 aromatic carbocycles. The smallest absolute Gasteiger partial charge is 0.416 e. The number of nitriles is 1. The van der Waals surface area contributed by atoms with Gasteiger partial charge in [0.15, 0.2) is 0 Å². The zero-order chi connectivity index (χ0) is 26.3. The highest BCUT2D eigenvalue weighted by Gasteiger charge is 2.31. The lowest BCUT2D eigenvalue weighted by atomic mass is 10.1. The normalized spacial score (nSPS) is 12.2. The number of rotatable bonds is 4. The summed E-state index contributed by atoms with van der Waals surface area (Å²) >= 11 is 13.3. The molecule has 3 heterocycles. The van der Waals surface area contributed by atoms with Crippen LogP contribution in [0.4, 0.5) is 13.2 Å². The fourth-order valence-corrected chi connectivity index (χ4v) is 4.72. The van der Waals surface area contributed by atoms with Crippen LogP contribution in [0.5, 0.6) is 0 Å². The summed E-state index contributed by atoms with van der Waals surface area (Å²) in [5.74, 6) is 0.309. The highest BCUT2D eigenvalue weighted by molar-refractivity contribution is 7.11. The first-order valence-corrected chi connectivity index (χ1v) is 12.0. The second-order valence-electron chi connectivity index (χ2n) is 7.73. The van der Waals surface area contributed by atoms with Crippen LogP contribution in [0.15, 0.2) is 73.6 Å². The van der Waals surface area contributed by atoms with Gasteiger partial charge in [0.25, 0.3) is 0 Å². The van der Waals surface area contributed by atoms with Crippen molar-refractivity contribution in [3.63, 3.8) is 0 Å². The largest absolute Gasteiger partial charge is 0.457 e.